The number of hydrogen-bond acceptors (Lipinski definition) is 5. The molecule has 1 aromatic heterocycles. The predicted octanol–water partition coefficient (Wildman–Crippen LogP) is 5.00. The fourth-order valence-corrected chi connectivity index (χ4v) is 5.15. The lowest BCUT2D eigenvalue weighted by atomic mass is 9.93. The highest BCUT2D eigenvalue weighted by Gasteiger charge is 2.20. The summed E-state index contributed by atoms with van der Waals surface area (Å²) >= 11 is 0. The Bertz CT molecular complexity index is 1160. The first-order chi connectivity index (χ1) is 17.2. The van der Waals surface area contributed by atoms with Gasteiger partial charge in [0.05, 0.1) is 6.61 Å². The molecule has 0 N–H and O–H groups in total. The maximum atomic E-state index is 12.0. The summed E-state index contributed by atoms with van der Waals surface area (Å²) in [6.07, 6.45) is 5.66. The lowest BCUT2D eigenvalue weighted by Crippen LogP contribution is -2.46. The lowest BCUT2D eigenvalue weighted by Gasteiger charge is -2.35. The largest absolute Gasteiger partial charge is 0.461 e. The molecule has 3 aromatic rings. The number of hydrogen-bond donors (Lipinski definition) is 0. The summed E-state index contributed by atoms with van der Waals surface area (Å²) in [5.74, 6) is 0.492. The van der Waals surface area contributed by atoms with Crippen LogP contribution in [0.5, 0.6) is 0 Å². The van der Waals surface area contributed by atoms with E-state index in [1.807, 2.05) is 19.1 Å². The number of anilines is 1. The minimum Gasteiger partial charge on any atom is -0.461 e. The topological polar surface area (TPSA) is 45.7 Å². The first-order valence-corrected chi connectivity index (χ1v) is 12.7. The Balaban J connectivity index is 1.23. The number of carbonyl (C=O) groups excluding carboxylic acids is 1. The SMILES string of the molecule is CCOC(=O)c1cccc(N2CCN(CCC=C3c4ccccc4CCc4ccccc43)CC2)n1. The van der Waals surface area contributed by atoms with Crippen molar-refractivity contribution in [1.82, 2.24) is 9.88 Å². The average Bonchev–Trinajstić information content (AvgIpc) is 3.06. The summed E-state index contributed by atoms with van der Waals surface area (Å²) in [7, 11) is 0. The quantitative estimate of drug-likeness (QED) is 0.478. The summed E-state index contributed by atoms with van der Waals surface area (Å²) < 4.78 is 5.10. The van der Waals surface area contributed by atoms with Gasteiger partial charge in [-0.1, -0.05) is 60.7 Å². The van der Waals surface area contributed by atoms with Crippen LogP contribution in [0.25, 0.3) is 5.57 Å². The highest BCUT2D eigenvalue weighted by Crippen LogP contribution is 2.33. The molecule has 2 aliphatic rings. The molecule has 1 saturated heterocycles. The van der Waals surface area contributed by atoms with Gasteiger partial charge >= 0.3 is 5.97 Å². The highest BCUT2D eigenvalue weighted by molar-refractivity contribution is 5.87. The maximum absolute atomic E-state index is 12.0. The Morgan fingerprint density at radius 1 is 0.886 bits per heavy atom. The zero-order valence-electron chi connectivity index (χ0n) is 20.5. The fraction of sp³-hybridized carbons (Fsp3) is 0.333. The summed E-state index contributed by atoms with van der Waals surface area (Å²) in [5, 5.41) is 0. The van der Waals surface area contributed by atoms with Crippen LogP contribution in [-0.4, -0.2) is 55.2 Å². The van der Waals surface area contributed by atoms with E-state index in [1.165, 1.54) is 27.8 Å². The molecule has 1 aliphatic carbocycles. The second-order valence-corrected chi connectivity index (χ2v) is 9.15. The molecular weight excluding hydrogens is 434 g/mol. The van der Waals surface area contributed by atoms with Crippen LogP contribution < -0.4 is 4.90 Å². The summed E-state index contributed by atoms with van der Waals surface area (Å²) in [5.41, 5.74) is 7.42. The normalized spacial score (nSPS) is 15.7. The zero-order chi connectivity index (χ0) is 24.0. The Labute approximate surface area is 208 Å². The van der Waals surface area contributed by atoms with Gasteiger partial charge in [-0.15, -0.1) is 0 Å². The van der Waals surface area contributed by atoms with E-state index in [0.29, 0.717) is 12.3 Å². The molecule has 5 heteroatoms. The van der Waals surface area contributed by atoms with Gasteiger partial charge in [0, 0.05) is 32.7 Å². The van der Waals surface area contributed by atoms with Crippen molar-refractivity contribution in [3.63, 3.8) is 0 Å². The van der Waals surface area contributed by atoms with Crippen molar-refractivity contribution in [3.05, 3.63) is 101 Å². The van der Waals surface area contributed by atoms with Crippen LogP contribution in [0.1, 0.15) is 46.1 Å². The van der Waals surface area contributed by atoms with E-state index in [1.54, 1.807) is 6.07 Å². The van der Waals surface area contributed by atoms with E-state index < -0.39 is 0 Å². The number of esters is 1. The van der Waals surface area contributed by atoms with Crippen molar-refractivity contribution in [2.75, 3.05) is 44.2 Å². The molecule has 0 saturated carbocycles. The number of piperazine rings is 1. The van der Waals surface area contributed by atoms with Crippen LogP contribution in [-0.2, 0) is 17.6 Å². The molecule has 1 fully saturated rings. The average molecular weight is 468 g/mol. The molecule has 0 atom stereocenters. The molecule has 5 rings (SSSR count). The fourth-order valence-electron chi connectivity index (χ4n) is 5.15. The summed E-state index contributed by atoms with van der Waals surface area (Å²) in [6, 6.07) is 23.3. The van der Waals surface area contributed by atoms with Crippen LogP contribution >= 0.6 is 0 Å². The molecule has 0 spiro atoms. The van der Waals surface area contributed by atoms with E-state index in [0.717, 1.165) is 57.8 Å². The third-order valence-corrected chi connectivity index (χ3v) is 6.99. The number of aryl methyl sites for hydroxylation is 2. The smallest absolute Gasteiger partial charge is 0.356 e. The van der Waals surface area contributed by atoms with E-state index in [-0.39, 0.29) is 5.97 Å². The van der Waals surface area contributed by atoms with Crippen LogP contribution in [0.4, 0.5) is 5.82 Å². The van der Waals surface area contributed by atoms with Gasteiger partial charge in [-0.25, -0.2) is 9.78 Å². The lowest BCUT2D eigenvalue weighted by molar-refractivity contribution is 0.0519. The molecule has 2 heterocycles. The van der Waals surface area contributed by atoms with Gasteiger partial charge in [-0.05, 0) is 66.1 Å². The van der Waals surface area contributed by atoms with E-state index >= 15 is 0 Å². The first-order valence-electron chi connectivity index (χ1n) is 12.7. The predicted molar refractivity (Wildman–Crippen MR) is 141 cm³/mol. The minimum atomic E-state index is -0.359. The molecular formula is C30H33N3O2. The van der Waals surface area contributed by atoms with Gasteiger partial charge in [0.1, 0.15) is 5.82 Å². The molecule has 0 radical (unpaired) electrons. The number of ether oxygens (including phenoxy) is 1. The Hall–Kier alpha value is -3.44. The Kier molecular flexibility index (Phi) is 7.24. The second kappa shape index (κ2) is 10.9. The minimum absolute atomic E-state index is 0.358. The third kappa shape index (κ3) is 5.30. The van der Waals surface area contributed by atoms with Crippen molar-refractivity contribution in [1.29, 1.82) is 0 Å². The number of rotatable bonds is 6. The standard InChI is InChI=1S/C30H33N3O2/c1-2-35-30(34)28-14-7-15-29(31-28)33-21-19-32(20-22-33)18-8-13-27-25-11-5-3-9-23(25)16-17-24-10-4-6-12-26(24)27/h3-7,9-15H,2,8,16-22H2,1H3. The number of nitrogens with zero attached hydrogens (tertiary/aromatic N) is 3. The molecule has 180 valence electrons. The van der Waals surface area contributed by atoms with Gasteiger partial charge in [0.2, 0.25) is 0 Å². The van der Waals surface area contributed by atoms with Crippen LogP contribution in [0.15, 0.2) is 72.8 Å². The van der Waals surface area contributed by atoms with E-state index in [2.05, 4.69) is 69.4 Å². The molecule has 0 unspecified atom stereocenters. The number of pyridine rings is 1. The molecule has 0 bridgehead atoms. The van der Waals surface area contributed by atoms with Crippen molar-refractivity contribution >= 4 is 17.4 Å². The summed E-state index contributed by atoms with van der Waals surface area (Å²) in [4.78, 5) is 21.4. The monoisotopic (exact) mass is 467 g/mol. The van der Waals surface area contributed by atoms with Gasteiger partial charge in [0.15, 0.2) is 5.69 Å². The second-order valence-electron chi connectivity index (χ2n) is 9.15. The van der Waals surface area contributed by atoms with Gasteiger partial charge in [-0.2, -0.15) is 0 Å². The van der Waals surface area contributed by atoms with Crippen LogP contribution in [0.3, 0.4) is 0 Å². The van der Waals surface area contributed by atoms with Crippen molar-refractivity contribution in [2.24, 2.45) is 0 Å². The number of aromatic nitrogens is 1. The van der Waals surface area contributed by atoms with Gasteiger partial charge in [-0.3, -0.25) is 4.90 Å². The number of benzene rings is 2. The third-order valence-electron chi connectivity index (χ3n) is 6.99. The van der Waals surface area contributed by atoms with Crippen LogP contribution in [0, 0.1) is 0 Å². The van der Waals surface area contributed by atoms with Crippen molar-refractivity contribution < 1.29 is 9.53 Å². The van der Waals surface area contributed by atoms with Gasteiger partial charge < -0.3 is 9.64 Å². The first kappa shape index (κ1) is 23.3. The Morgan fingerprint density at radius 3 is 2.20 bits per heavy atom. The van der Waals surface area contributed by atoms with E-state index in [4.69, 9.17) is 4.74 Å². The molecule has 0 amide bonds. The Morgan fingerprint density at radius 2 is 1.54 bits per heavy atom. The number of fused-ring (bicyclic) bond motifs is 2. The molecule has 1 aliphatic heterocycles. The zero-order valence-corrected chi connectivity index (χ0v) is 20.5. The van der Waals surface area contributed by atoms with E-state index in [9.17, 15) is 4.79 Å². The maximum Gasteiger partial charge on any atom is 0.356 e. The summed E-state index contributed by atoms with van der Waals surface area (Å²) in [6.45, 7) is 6.99. The molecule has 35 heavy (non-hydrogen) atoms. The molecule has 2 aromatic carbocycles. The molecule has 5 nitrogen and oxygen atoms in total. The van der Waals surface area contributed by atoms with Crippen molar-refractivity contribution in [2.45, 2.75) is 26.2 Å². The van der Waals surface area contributed by atoms with Crippen molar-refractivity contribution in [3.8, 4) is 0 Å². The van der Waals surface area contributed by atoms with Crippen LogP contribution in [0.2, 0.25) is 0 Å². The number of carbonyl (C=O) groups is 1. The van der Waals surface area contributed by atoms with Gasteiger partial charge in [0.25, 0.3) is 0 Å². The highest BCUT2D eigenvalue weighted by atomic mass is 16.5.